The third kappa shape index (κ3) is 2.83. The Hall–Kier alpha value is -1.87. The predicted molar refractivity (Wildman–Crippen MR) is 51.0 cm³/mol. The zero-order valence-corrected chi connectivity index (χ0v) is 9.24. The Morgan fingerprint density at radius 2 is 1.55 bits per heavy atom. The molecule has 0 fully saturated rings. The predicted octanol–water partition coefficient (Wildman–Crippen LogP) is 3.60. The van der Waals surface area contributed by atoms with Crippen molar-refractivity contribution in [3.05, 3.63) is 30.1 Å². The molecule has 2 nitrogen and oxygen atoms in total. The number of nitrogens with one attached hydrogen (secondary N) is 1. The standard InChI is InChI=1S/C10H5F8NO/c11-5-2-1-3-6(4-5)19-7(20)8(12,13)9(14,15)10(16,17)18/h1-4H,(H,19,20). The molecule has 10 heteroatoms. The molecule has 0 aromatic heterocycles. The van der Waals surface area contributed by atoms with Gasteiger partial charge < -0.3 is 5.32 Å². The minimum atomic E-state index is -6.62. The Kier molecular flexibility index (Phi) is 3.97. The Morgan fingerprint density at radius 3 is 2.00 bits per heavy atom. The van der Waals surface area contributed by atoms with Gasteiger partial charge in [0.15, 0.2) is 0 Å². The van der Waals surface area contributed by atoms with Crippen molar-refractivity contribution in [1.29, 1.82) is 0 Å². The fraction of sp³-hybridized carbons (Fsp3) is 0.300. The summed E-state index contributed by atoms with van der Waals surface area (Å²) in [6.07, 6.45) is -6.62. The first-order valence-electron chi connectivity index (χ1n) is 4.79. The summed E-state index contributed by atoms with van der Waals surface area (Å²) >= 11 is 0. The van der Waals surface area contributed by atoms with Crippen molar-refractivity contribution in [2.45, 2.75) is 18.0 Å². The molecule has 0 aliphatic rings. The van der Waals surface area contributed by atoms with Crippen LogP contribution in [0.1, 0.15) is 0 Å². The topological polar surface area (TPSA) is 29.1 Å². The molecule has 1 amide bonds. The van der Waals surface area contributed by atoms with Crippen LogP contribution in [0.3, 0.4) is 0 Å². The molecule has 0 aliphatic heterocycles. The number of alkyl halides is 7. The van der Waals surface area contributed by atoms with Crippen LogP contribution in [0.15, 0.2) is 24.3 Å². The molecule has 20 heavy (non-hydrogen) atoms. The maximum atomic E-state index is 12.9. The van der Waals surface area contributed by atoms with Crippen LogP contribution in [0, 0.1) is 5.82 Å². The van der Waals surface area contributed by atoms with Crippen LogP contribution in [0.5, 0.6) is 0 Å². The van der Waals surface area contributed by atoms with E-state index >= 15 is 0 Å². The first-order chi connectivity index (χ1) is 8.89. The summed E-state index contributed by atoms with van der Waals surface area (Å²) in [5.41, 5.74) is -0.687. The Labute approximate surface area is 106 Å². The largest absolute Gasteiger partial charge is 0.460 e. The van der Waals surface area contributed by atoms with Crippen molar-refractivity contribution >= 4 is 11.6 Å². The van der Waals surface area contributed by atoms with E-state index in [1.807, 2.05) is 0 Å². The number of hydrogen-bond acceptors (Lipinski definition) is 1. The summed E-state index contributed by atoms with van der Waals surface area (Å²) in [7, 11) is 0. The van der Waals surface area contributed by atoms with Crippen LogP contribution in [0.4, 0.5) is 40.8 Å². The van der Waals surface area contributed by atoms with Crippen molar-refractivity contribution in [3.8, 4) is 0 Å². The molecule has 0 spiro atoms. The third-order valence-corrected chi connectivity index (χ3v) is 2.12. The highest BCUT2D eigenvalue weighted by atomic mass is 19.4. The lowest BCUT2D eigenvalue weighted by Crippen LogP contribution is -2.57. The fourth-order valence-electron chi connectivity index (χ4n) is 1.10. The lowest BCUT2D eigenvalue weighted by molar-refractivity contribution is -0.343. The fourth-order valence-corrected chi connectivity index (χ4v) is 1.10. The lowest BCUT2D eigenvalue weighted by Gasteiger charge is -2.27. The van der Waals surface area contributed by atoms with E-state index in [-0.39, 0.29) is 0 Å². The maximum Gasteiger partial charge on any atom is 0.460 e. The molecule has 0 radical (unpaired) electrons. The summed E-state index contributed by atoms with van der Waals surface area (Å²) in [5, 5.41) is 1.09. The van der Waals surface area contributed by atoms with E-state index in [1.165, 1.54) is 0 Å². The molecule has 0 saturated carbocycles. The number of rotatable bonds is 3. The quantitative estimate of drug-likeness (QED) is 0.849. The van der Waals surface area contributed by atoms with E-state index < -0.39 is 35.4 Å². The van der Waals surface area contributed by atoms with Gasteiger partial charge in [-0.25, -0.2) is 4.39 Å². The van der Waals surface area contributed by atoms with Crippen LogP contribution >= 0.6 is 0 Å². The van der Waals surface area contributed by atoms with Crippen molar-refractivity contribution in [2.24, 2.45) is 0 Å². The molecule has 1 rings (SSSR count). The molecule has 0 atom stereocenters. The lowest BCUT2D eigenvalue weighted by atomic mass is 10.1. The second kappa shape index (κ2) is 4.91. The number of carbonyl (C=O) groups is 1. The molecule has 1 N–H and O–H groups in total. The minimum absolute atomic E-state index is 0.472. The van der Waals surface area contributed by atoms with Gasteiger partial charge in [0, 0.05) is 5.69 Å². The van der Waals surface area contributed by atoms with Gasteiger partial charge in [0.05, 0.1) is 0 Å². The normalized spacial score (nSPS) is 13.2. The van der Waals surface area contributed by atoms with Gasteiger partial charge in [-0.15, -0.1) is 0 Å². The minimum Gasteiger partial charge on any atom is -0.321 e. The van der Waals surface area contributed by atoms with Crippen LogP contribution in [-0.2, 0) is 4.79 Å². The molecule has 0 heterocycles. The molecule has 0 unspecified atom stereocenters. The van der Waals surface area contributed by atoms with E-state index in [9.17, 15) is 39.9 Å². The van der Waals surface area contributed by atoms with Gasteiger partial charge >= 0.3 is 23.9 Å². The van der Waals surface area contributed by atoms with E-state index in [1.54, 1.807) is 0 Å². The average Bonchev–Trinajstić information content (AvgIpc) is 2.27. The van der Waals surface area contributed by atoms with Gasteiger partial charge in [-0.2, -0.15) is 30.7 Å². The number of carbonyl (C=O) groups excluding carboxylic acids is 1. The number of anilines is 1. The highest BCUT2D eigenvalue weighted by Crippen LogP contribution is 2.46. The average molecular weight is 307 g/mol. The molecule has 0 bridgehead atoms. The molecular formula is C10H5F8NO. The van der Waals surface area contributed by atoms with Crippen LogP contribution in [0.25, 0.3) is 0 Å². The monoisotopic (exact) mass is 307 g/mol. The summed E-state index contributed by atoms with van der Waals surface area (Å²) < 4.78 is 99.0. The Bertz CT molecular complexity index is 510. The van der Waals surface area contributed by atoms with Crippen molar-refractivity contribution < 1.29 is 39.9 Å². The highest BCUT2D eigenvalue weighted by molar-refractivity contribution is 5.97. The van der Waals surface area contributed by atoms with Crippen molar-refractivity contribution in [3.63, 3.8) is 0 Å². The first kappa shape index (κ1) is 16.2. The summed E-state index contributed by atoms with van der Waals surface area (Å²) in [4.78, 5) is 10.9. The maximum absolute atomic E-state index is 12.9. The van der Waals surface area contributed by atoms with E-state index in [0.717, 1.165) is 23.5 Å². The SMILES string of the molecule is O=C(Nc1cccc(F)c1)C(F)(F)C(F)(F)C(F)(F)F. The van der Waals surface area contributed by atoms with Crippen LogP contribution in [-0.4, -0.2) is 23.9 Å². The van der Waals surface area contributed by atoms with Crippen LogP contribution < -0.4 is 5.32 Å². The summed E-state index contributed by atoms with van der Waals surface area (Å²) in [6, 6.07) is 3.09. The van der Waals surface area contributed by atoms with E-state index in [0.29, 0.717) is 6.07 Å². The smallest absolute Gasteiger partial charge is 0.321 e. The van der Waals surface area contributed by atoms with Crippen molar-refractivity contribution in [2.75, 3.05) is 5.32 Å². The van der Waals surface area contributed by atoms with Crippen LogP contribution in [0.2, 0.25) is 0 Å². The number of halogens is 8. The van der Waals surface area contributed by atoms with Gasteiger partial charge in [-0.1, -0.05) is 6.07 Å². The first-order valence-corrected chi connectivity index (χ1v) is 4.79. The molecule has 1 aromatic rings. The summed E-state index contributed by atoms with van der Waals surface area (Å²) in [5.74, 6) is -16.5. The van der Waals surface area contributed by atoms with E-state index in [4.69, 9.17) is 0 Å². The molecule has 1 aromatic carbocycles. The zero-order valence-electron chi connectivity index (χ0n) is 9.24. The second-order valence-electron chi connectivity index (χ2n) is 3.61. The third-order valence-electron chi connectivity index (χ3n) is 2.12. The Balaban J connectivity index is 3.01. The second-order valence-corrected chi connectivity index (χ2v) is 3.61. The van der Waals surface area contributed by atoms with Gasteiger partial charge in [0.25, 0.3) is 0 Å². The molecule has 0 saturated heterocycles. The van der Waals surface area contributed by atoms with Gasteiger partial charge in [0.2, 0.25) is 0 Å². The van der Waals surface area contributed by atoms with Gasteiger partial charge in [-0.05, 0) is 18.2 Å². The zero-order chi connectivity index (χ0) is 15.8. The number of amides is 1. The summed E-state index contributed by atoms with van der Waals surface area (Å²) in [6.45, 7) is 0. The number of benzene rings is 1. The van der Waals surface area contributed by atoms with Crippen molar-refractivity contribution in [1.82, 2.24) is 0 Å². The van der Waals surface area contributed by atoms with E-state index in [2.05, 4.69) is 0 Å². The Morgan fingerprint density at radius 1 is 1.00 bits per heavy atom. The van der Waals surface area contributed by atoms with Gasteiger partial charge in [-0.3, -0.25) is 4.79 Å². The molecule has 112 valence electrons. The number of hydrogen-bond donors (Lipinski definition) is 1. The molecular weight excluding hydrogens is 302 g/mol. The van der Waals surface area contributed by atoms with Gasteiger partial charge in [0.1, 0.15) is 5.82 Å². The highest BCUT2D eigenvalue weighted by Gasteiger charge is 2.76. The molecule has 0 aliphatic carbocycles.